The van der Waals surface area contributed by atoms with Crippen molar-refractivity contribution in [2.75, 3.05) is 43.1 Å². The molecule has 1 saturated heterocycles. The largest absolute Gasteiger partial charge is 0.344 e. The number of aromatic nitrogens is 2. The number of carbonyl (C=O) groups is 1. The van der Waals surface area contributed by atoms with Crippen molar-refractivity contribution in [3.63, 3.8) is 0 Å². The number of benzene rings is 1. The number of anilines is 1. The molecule has 2 aromatic heterocycles. The number of nitrogens with zero attached hydrogens (tertiary/aromatic N) is 4. The third-order valence-electron chi connectivity index (χ3n) is 5.42. The van der Waals surface area contributed by atoms with Crippen LogP contribution in [0.3, 0.4) is 0 Å². The summed E-state index contributed by atoms with van der Waals surface area (Å²) >= 11 is 15.0. The van der Waals surface area contributed by atoms with Crippen LogP contribution in [0.25, 0.3) is 10.3 Å². The van der Waals surface area contributed by atoms with Crippen molar-refractivity contribution in [3.05, 3.63) is 46.6 Å². The Bertz CT molecular complexity index is 1250. The number of thioether (sulfide) groups is 1. The number of piperazine rings is 1. The van der Waals surface area contributed by atoms with Crippen LogP contribution in [0.5, 0.6) is 0 Å². The first kappa shape index (κ1) is 25.5. The van der Waals surface area contributed by atoms with Gasteiger partial charge in [-0.1, -0.05) is 34.5 Å². The summed E-state index contributed by atoms with van der Waals surface area (Å²) in [6.07, 6.45) is 4.04. The number of fused-ring (bicyclic) bond motifs is 1. The Labute approximate surface area is 216 Å². The molecule has 0 radical (unpaired) electrons. The highest BCUT2D eigenvalue weighted by molar-refractivity contribution is 7.98. The number of carbonyl (C=O) groups excluding carboxylic acids is 1. The van der Waals surface area contributed by atoms with Crippen LogP contribution in [0.2, 0.25) is 10.0 Å². The molecule has 0 aliphatic carbocycles. The Morgan fingerprint density at radius 3 is 2.65 bits per heavy atom. The second-order valence-electron chi connectivity index (χ2n) is 7.67. The molecule has 1 aliphatic heterocycles. The minimum absolute atomic E-state index is 0.0295. The predicted molar refractivity (Wildman–Crippen MR) is 140 cm³/mol. The zero-order valence-corrected chi connectivity index (χ0v) is 22.2. The average molecular weight is 561 g/mol. The normalized spacial score (nSPS) is 15.6. The van der Waals surface area contributed by atoms with E-state index in [2.05, 4.69) is 19.6 Å². The van der Waals surface area contributed by atoms with E-state index >= 15 is 0 Å². The number of sulfonamides is 1. The van der Waals surface area contributed by atoms with Gasteiger partial charge in [0.2, 0.25) is 15.9 Å². The monoisotopic (exact) mass is 559 g/mol. The SMILES string of the molecule is CSCCC(NS(=O)(=O)c1ccc(Cl)c(Cl)c1)C(=O)N1CCN(c2nc3cccnc3s2)CC1. The lowest BCUT2D eigenvalue weighted by atomic mass is 10.2. The number of nitrogens with one attached hydrogen (secondary N) is 1. The van der Waals surface area contributed by atoms with Crippen molar-refractivity contribution in [1.82, 2.24) is 19.6 Å². The van der Waals surface area contributed by atoms with Gasteiger partial charge in [0, 0.05) is 32.4 Å². The molecule has 4 rings (SSSR count). The summed E-state index contributed by atoms with van der Waals surface area (Å²) in [5.41, 5.74) is 0.856. The van der Waals surface area contributed by atoms with Crippen LogP contribution in [0.4, 0.5) is 5.13 Å². The molecule has 34 heavy (non-hydrogen) atoms. The highest BCUT2D eigenvalue weighted by Crippen LogP contribution is 2.28. The zero-order chi connectivity index (χ0) is 24.3. The molecule has 1 atom stereocenters. The van der Waals surface area contributed by atoms with E-state index in [0.717, 1.165) is 15.5 Å². The van der Waals surface area contributed by atoms with E-state index in [9.17, 15) is 13.2 Å². The minimum atomic E-state index is -3.96. The van der Waals surface area contributed by atoms with Crippen molar-refractivity contribution >= 4 is 77.7 Å². The molecule has 3 aromatic rings. The maximum absolute atomic E-state index is 13.3. The summed E-state index contributed by atoms with van der Waals surface area (Å²) in [7, 11) is -3.96. The van der Waals surface area contributed by atoms with Crippen LogP contribution >= 0.6 is 46.3 Å². The number of amides is 1. The molecular weight excluding hydrogens is 537 g/mol. The van der Waals surface area contributed by atoms with Gasteiger partial charge in [-0.25, -0.2) is 18.4 Å². The number of halogens is 2. The minimum Gasteiger partial charge on any atom is -0.344 e. The van der Waals surface area contributed by atoms with E-state index in [1.165, 1.54) is 29.5 Å². The molecule has 0 saturated carbocycles. The topological polar surface area (TPSA) is 95.5 Å². The Morgan fingerprint density at radius 1 is 1.21 bits per heavy atom. The maximum atomic E-state index is 13.3. The third-order valence-corrected chi connectivity index (χ3v) is 9.32. The summed E-state index contributed by atoms with van der Waals surface area (Å²) in [5, 5.41) is 1.27. The highest BCUT2D eigenvalue weighted by atomic mass is 35.5. The molecule has 3 heterocycles. The second kappa shape index (κ2) is 11.0. The van der Waals surface area contributed by atoms with E-state index in [0.29, 0.717) is 38.4 Å². The molecule has 182 valence electrons. The van der Waals surface area contributed by atoms with Crippen LogP contribution in [0.1, 0.15) is 6.42 Å². The van der Waals surface area contributed by atoms with Gasteiger partial charge in [-0.2, -0.15) is 16.5 Å². The molecule has 8 nitrogen and oxygen atoms in total. The first-order valence-electron chi connectivity index (χ1n) is 10.5. The summed E-state index contributed by atoms with van der Waals surface area (Å²) in [6.45, 7) is 2.18. The Hall–Kier alpha value is -1.63. The maximum Gasteiger partial charge on any atom is 0.241 e. The molecule has 0 spiro atoms. The Morgan fingerprint density at radius 2 is 1.97 bits per heavy atom. The van der Waals surface area contributed by atoms with Crippen LogP contribution in [-0.4, -0.2) is 73.4 Å². The van der Waals surface area contributed by atoms with Gasteiger partial charge in [-0.3, -0.25) is 4.79 Å². The summed E-state index contributed by atoms with van der Waals surface area (Å²) in [6, 6.07) is 7.00. The fraction of sp³-hybridized carbons (Fsp3) is 0.381. The van der Waals surface area contributed by atoms with Crippen molar-refractivity contribution < 1.29 is 13.2 Å². The Balaban J connectivity index is 1.44. The number of rotatable bonds is 8. The van der Waals surface area contributed by atoms with E-state index in [-0.39, 0.29) is 20.8 Å². The molecular formula is C21H23Cl2N5O3S3. The predicted octanol–water partition coefficient (Wildman–Crippen LogP) is 3.75. The average Bonchev–Trinajstić information content (AvgIpc) is 3.27. The van der Waals surface area contributed by atoms with E-state index in [1.807, 2.05) is 18.4 Å². The number of thiazole rings is 1. The van der Waals surface area contributed by atoms with E-state index in [4.69, 9.17) is 23.2 Å². The lowest BCUT2D eigenvalue weighted by Crippen LogP contribution is -2.55. The zero-order valence-electron chi connectivity index (χ0n) is 18.3. The summed E-state index contributed by atoms with van der Waals surface area (Å²) < 4.78 is 28.5. The van der Waals surface area contributed by atoms with Gasteiger partial charge in [0.1, 0.15) is 16.4 Å². The van der Waals surface area contributed by atoms with Gasteiger partial charge in [-0.05, 0) is 48.8 Å². The highest BCUT2D eigenvalue weighted by Gasteiger charge is 2.31. The van der Waals surface area contributed by atoms with Gasteiger partial charge in [0.25, 0.3) is 0 Å². The fourth-order valence-electron chi connectivity index (χ4n) is 3.60. The number of hydrogen-bond acceptors (Lipinski definition) is 8. The molecule has 1 aromatic carbocycles. The van der Waals surface area contributed by atoms with Crippen molar-refractivity contribution in [3.8, 4) is 0 Å². The molecule has 1 amide bonds. The summed E-state index contributed by atoms with van der Waals surface area (Å²) in [5.74, 6) is 0.405. The third kappa shape index (κ3) is 5.77. The molecule has 1 aliphatic rings. The van der Waals surface area contributed by atoms with Gasteiger partial charge in [0.15, 0.2) is 5.13 Å². The van der Waals surface area contributed by atoms with Crippen LogP contribution in [-0.2, 0) is 14.8 Å². The smallest absolute Gasteiger partial charge is 0.241 e. The fourth-order valence-corrected chi connectivity index (χ4v) is 6.64. The lowest BCUT2D eigenvalue weighted by Gasteiger charge is -2.36. The molecule has 1 fully saturated rings. The van der Waals surface area contributed by atoms with E-state index < -0.39 is 16.1 Å². The first-order chi connectivity index (χ1) is 16.3. The molecule has 0 bridgehead atoms. The van der Waals surface area contributed by atoms with Gasteiger partial charge in [0.05, 0.1) is 14.9 Å². The number of hydrogen-bond donors (Lipinski definition) is 1. The number of pyridine rings is 1. The van der Waals surface area contributed by atoms with E-state index in [1.54, 1.807) is 22.9 Å². The van der Waals surface area contributed by atoms with Crippen molar-refractivity contribution in [1.29, 1.82) is 0 Å². The standard InChI is InChI=1S/C21H23Cl2N5O3S3/c1-32-12-6-18(26-34(30,31)14-4-5-15(22)16(23)13-14)20(29)27-8-10-28(11-9-27)21-25-17-3-2-7-24-19(17)33-21/h2-5,7,13,18,26H,6,8-12H2,1H3. The van der Waals surface area contributed by atoms with Crippen molar-refractivity contribution in [2.24, 2.45) is 0 Å². The van der Waals surface area contributed by atoms with Gasteiger partial charge in [-0.15, -0.1) is 0 Å². The molecule has 13 heteroatoms. The quantitative estimate of drug-likeness (QED) is 0.449. The van der Waals surface area contributed by atoms with Gasteiger partial charge < -0.3 is 9.80 Å². The lowest BCUT2D eigenvalue weighted by molar-refractivity contribution is -0.133. The summed E-state index contributed by atoms with van der Waals surface area (Å²) in [4.78, 5) is 27.0. The molecule has 1 N–H and O–H groups in total. The van der Waals surface area contributed by atoms with Crippen LogP contribution in [0.15, 0.2) is 41.4 Å². The molecule has 1 unspecified atom stereocenters. The van der Waals surface area contributed by atoms with Gasteiger partial charge >= 0.3 is 0 Å². The second-order valence-corrected chi connectivity index (χ2v) is 12.1. The van der Waals surface area contributed by atoms with Crippen molar-refractivity contribution in [2.45, 2.75) is 17.4 Å². The first-order valence-corrected chi connectivity index (χ1v) is 14.9. The Kier molecular flexibility index (Phi) is 8.21. The van der Waals surface area contributed by atoms with Crippen LogP contribution < -0.4 is 9.62 Å². The van der Waals surface area contributed by atoms with Crippen LogP contribution in [0, 0.1) is 0 Å².